The van der Waals surface area contributed by atoms with Crippen LogP contribution in [-0.2, 0) is 5.92 Å². The molecule has 0 aliphatic heterocycles. The van der Waals surface area contributed by atoms with E-state index in [4.69, 9.17) is 22.1 Å². The first-order valence-electron chi connectivity index (χ1n) is 4.77. The van der Waals surface area contributed by atoms with Crippen molar-refractivity contribution in [3.63, 3.8) is 0 Å². The summed E-state index contributed by atoms with van der Waals surface area (Å²) in [5.41, 5.74) is 4.65. The van der Waals surface area contributed by atoms with Crippen molar-refractivity contribution in [1.29, 1.82) is 0 Å². The minimum Gasteiger partial charge on any atom is -0.474 e. The Balaban J connectivity index is 2.99. The lowest BCUT2D eigenvalue weighted by atomic mass is 10.1. The molecular formula is C10H13ClF2N2O. The standard InChI is InChI=1S/C10H13ClF2N2O/c1-6(2)16-9-8(11)3-7(4-15-9)10(12,13)5-14/h3-4,6H,5,14H2,1-2H3. The summed E-state index contributed by atoms with van der Waals surface area (Å²) in [6.07, 6.45) is 0.905. The SMILES string of the molecule is CC(C)Oc1ncc(C(F)(F)CN)cc1Cl. The van der Waals surface area contributed by atoms with Gasteiger partial charge in [-0.3, -0.25) is 0 Å². The summed E-state index contributed by atoms with van der Waals surface area (Å²) in [7, 11) is 0. The Morgan fingerprint density at radius 1 is 1.56 bits per heavy atom. The maximum Gasteiger partial charge on any atom is 0.286 e. The van der Waals surface area contributed by atoms with Gasteiger partial charge in [0.05, 0.1) is 12.6 Å². The Morgan fingerprint density at radius 3 is 2.62 bits per heavy atom. The maximum atomic E-state index is 13.2. The van der Waals surface area contributed by atoms with Crippen molar-refractivity contribution >= 4 is 11.6 Å². The molecule has 0 aliphatic rings. The lowest BCUT2D eigenvalue weighted by molar-refractivity contribution is 0.00551. The van der Waals surface area contributed by atoms with Crippen molar-refractivity contribution in [2.24, 2.45) is 5.73 Å². The van der Waals surface area contributed by atoms with E-state index in [-0.39, 0.29) is 22.6 Å². The molecule has 0 aromatic carbocycles. The van der Waals surface area contributed by atoms with Crippen LogP contribution in [0.1, 0.15) is 19.4 Å². The molecule has 1 aromatic heterocycles. The average Bonchev–Trinajstić information content (AvgIpc) is 2.20. The Bertz CT molecular complexity index is 372. The fraction of sp³-hybridized carbons (Fsp3) is 0.500. The van der Waals surface area contributed by atoms with E-state index in [1.54, 1.807) is 13.8 Å². The number of hydrogen-bond acceptors (Lipinski definition) is 3. The number of ether oxygens (including phenoxy) is 1. The van der Waals surface area contributed by atoms with Crippen molar-refractivity contribution in [3.8, 4) is 5.88 Å². The van der Waals surface area contributed by atoms with Crippen LogP contribution < -0.4 is 10.5 Å². The van der Waals surface area contributed by atoms with Gasteiger partial charge in [-0.15, -0.1) is 0 Å². The molecule has 0 aliphatic carbocycles. The van der Waals surface area contributed by atoms with E-state index < -0.39 is 12.5 Å². The van der Waals surface area contributed by atoms with Crippen LogP contribution in [0, 0.1) is 0 Å². The van der Waals surface area contributed by atoms with Gasteiger partial charge >= 0.3 is 0 Å². The van der Waals surface area contributed by atoms with E-state index in [9.17, 15) is 8.78 Å². The third kappa shape index (κ3) is 3.02. The summed E-state index contributed by atoms with van der Waals surface area (Å²) in [4.78, 5) is 3.74. The highest BCUT2D eigenvalue weighted by molar-refractivity contribution is 6.31. The number of nitrogens with two attached hydrogens (primary N) is 1. The second kappa shape index (κ2) is 4.93. The Labute approximate surface area is 97.6 Å². The molecule has 1 heterocycles. The fourth-order valence-corrected chi connectivity index (χ4v) is 1.26. The Kier molecular flexibility index (Phi) is 4.04. The molecule has 6 heteroatoms. The van der Waals surface area contributed by atoms with Gasteiger partial charge < -0.3 is 10.5 Å². The highest BCUT2D eigenvalue weighted by Gasteiger charge is 2.30. The van der Waals surface area contributed by atoms with Gasteiger partial charge in [-0.05, 0) is 19.9 Å². The quantitative estimate of drug-likeness (QED) is 0.894. The van der Waals surface area contributed by atoms with Crippen molar-refractivity contribution < 1.29 is 13.5 Å². The van der Waals surface area contributed by atoms with E-state index in [1.165, 1.54) is 0 Å². The molecule has 0 radical (unpaired) electrons. The fourth-order valence-electron chi connectivity index (χ4n) is 1.05. The highest BCUT2D eigenvalue weighted by Crippen LogP contribution is 2.31. The molecule has 16 heavy (non-hydrogen) atoms. The van der Waals surface area contributed by atoms with Gasteiger partial charge in [-0.25, -0.2) is 4.98 Å². The van der Waals surface area contributed by atoms with Crippen LogP contribution in [0.4, 0.5) is 8.78 Å². The lowest BCUT2D eigenvalue weighted by Gasteiger charge is -2.15. The van der Waals surface area contributed by atoms with Gasteiger partial charge in [0.1, 0.15) is 5.02 Å². The molecule has 0 amide bonds. The number of aromatic nitrogens is 1. The predicted molar refractivity (Wildman–Crippen MR) is 58.0 cm³/mol. The minimum atomic E-state index is -3.12. The van der Waals surface area contributed by atoms with Gasteiger partial charge in [0.2, 0.25) is 5.88 Å². The normalized spacial score (nSPS) is 11.9. The molecule has 1 rings (SSSR count). The maximum absolute atomic E-state index is 13.2. The van der Waals surface area contributed by atoms with Gasteiger partial charge in [-0.1, -0.05) is 11.6 Å². The van der Waals surface area contributed by atoms with Crippen molar-refractivity contribution in [3.05, 3.63) is 22.8 Å². The molecule has 90 valence electrons. The van der Waals surface area contributed by atoms with Gasteiger partial charge in [0, 0.05) is 11.8 Å². The highest BCUT2D eigenvalue weighted by atomic mass is 35.5. The third-order valence-corrected chi connectivity index (χ3v) is 2.10. The zero-order valence-corrected chi connectivity index (χ0v) is 9.76. The molecule has 0 fully saturated rings. The van der Waals surface area contributed by atoms with Crippen molar-refractivity contribution in [1.82, 2.24) is 4.98 Å². The number of alkyl halides is 2. The van der Waals surface area contributed by atoms with E-state index in [1.807, 2.05) is 0 Å². The summed E-state index contributed by atoms with van der Waals surface area (Å²) in [6, 6.07) is 1.12. The Morgan fingerprint density at radius 2 is 2.19 bits per heavy atom. The monoisotopic (exact) mass is 250 g/mol. The predicted octanol–water partition coefficient (Wildman–Crippen LogP) is 2.57. The van der Waals surface area contributed by atoms with Crippen molar-refractivity contribution in [2.45, 2.75) is 25.9 Å². The molecule has 0 saturated carbocycles. The third-order valence-electron chi connectivity index (χ3n) is 1.83. The molecular weight excluding hydrogens is 238 g/mol. The largest absolute Gasteiger partial charge is 0.474 e. The first-order valence-corrected chi connectivity index (χ1v) is 5.15. The second-order valence-electron chi connectivity index (χ2n) is 3.59. The van der Waals surface area contributed by atoms with Crippen LogP contribution in [0.3, 0.4) is 0 Å². The number of rotatable bonds is 4. The summed E-state index contributed by atoms with van der Waals surface area (Å²) in [5, 5.41) is 0.0549. The molecule has 1 aromatic rings. The zero-order valence-electron chi connectivity index (χ0n) is 9.01. The number of pyridine rings is 1. The van der Waals surface area contributed by atoms with E-state index >= 15 is 0 Å². The van der Waals surface area contributed by atoms with E-state index in [2.05, 4.69) is 4.98 Å². The summed E-state index contributed by atoms with van der Waals surface area (Å²) in [5.74, 6) is -2.97. The van der Waals surface area contributed by atoms with Crippen LogP contribution in [0.5, 0.6) is 5.88 Å². The summed E-state index contributed by atoms with van der Waals surface area (Å²) >= 11 is 5.77. The molecule has 0 saturated heterocycles. The number of hydrogen-bond donors (Lipinski definition) is 1. The van der Waals surface area contributed by atoms with Gasteiger partial charge in [-0.2, -0.15) is 8.78 Å². The van der Waals surface area contributed by atoms with Crippen LogP contribution in [0.2, 0.25) is 5.02 Å². The molecule has 0 bridgehead atoms. The van der Waals surface area contributed by atoms with Crippen molar-refractivity contribution in [2.75, 3.05) is 6.54 Å². The first-order chi connectivity index (χ1) is 7.36. The van der Waals surface area contributed by atoms with E-state index in [0.29, 0.717) is 0 Å². The Hall–Kier alpha value is -0.940. The first kappa shape index (κ1) is 13.1. The average molecular weight is 251 g/mol. The number of halogens is 3. The second-order valence-corrected chi connectivity index (χ2v) is 3.99. The zero-order chi connectivity index (χ0) is 12.3. The molecule has 0 unspecified atom stereocenters. The topological polar surface area (TPSA) is 48.1 Å². The van der Waals surface area contributed by atoms with Crippen LogP contribution in [0.15, 0.2) is 12.3 Å². The van der Waals surface area contributed by atoms with Gasteiger partial charge in [0.25, 0.3) is 5.92 Å². The van der Waals surface area contributed by atoms with Crippen LogP contribution in [-0.4, -0.2) is 17.6 Å². The van der Waals surface area contributed by atoms with E-state index in [0.717, 1.165) is 12.3 Å². The summed E-state index contributed by atoms with van der Waals surface area (Å²) < 4.78 is 31.6. The minimum absolute atomic E-state index is 0.0549. The molecule has 3 nitrogen and oxygen atoms in total. The molecule has 0 atom stereocenters. The van der Waals surface area contributed by atoms with Crippen LogP contribution in [0.25, 0.3) is 0 Å². The summed E-state index contributed by atoms with van der Waals surface area (Å²) in [6.45, 7) is 2.80. The van der Waals surface area contributed by atoms with Crippen LogP contribution >= 0.6 is 11.6 Å². The lowest BCUT2D eigenvalue weighted by Crippen LogP contribution is -2.25. The van der Waals surface area contributed by atoms with Gasteiger partial charge in [0.15, 0.2) is 0 Å². The smallest absolute Gasteiger partial charge is 0.286 e. The number of nitrogens with zero attached hydrogens (tertiary/aromatic N) is 1. The molecule has 0 spiro atoms. The molecule has 2 N–H and O–H groups in total.